The monoisotopic (exact) mass is 353 g/mol. The Balaban J connectivity index is 1.36. The Hall–Kier alpha value is -3.00. The molecule has 1 aromatic carbocycles. The SMILES string of the molecule is Cc1cc(COCC(=O)N2CCn3c(nnc3-c3ccccc3)C2)on1. The van der Waals surface area contributed by atoms with E-state index in [0.29, 0.717) is 25.4 Å². The molecule has 0 radical (unpaired) electrons. The molecule has 1 amide bonds. The zero-order chi connectivity index (χ0) is 17.9. The lowest BCUT2D eigenvalue weighted by molar-refractivity contribution is -0.138. The van der Waals surface area contributed by atoms with Gasteiger partial charge in [-0.2, -0.15) is 0 Å². The molecule has 1 aliphatic rings. The van der Waals surface area contributed by atoms with E-state index in [1.54, 1.807) is 11.0 Å². The quantitative estimate of drug-likeness (QED) is 0.695. The Morgan fingerprint density at radius 3 is 2.85 bits per heavy atom. The van der Waals surface area contributed by atoms with Crippen LogP contribution in [-0.4, -0.2) is 43.9 Å². The first-order valence-corrected chi connectivity index (χ1v) is 8.46. The minimum Gasteiger partial charge on any atom is -0.364 e. The fourth-order valence-electron chi connectivity index (χ4n) is 2.99. The minimum absolute atomic E-state index is 0.000568. The highest BCUT2D eigenvalue weighted by molar-refractivity contribution is 5.77. The van der Waals surface area contributed by atoms with Crippen molar-refractivity contribution >= 4 is 5.91 Å². The van der Waals surface area contributed by atoms with Gasteiger partial charge >= 0.3 is 0 Å². The lowest BCUT2D eigenvalue weighted by atomic mass is 10.2. The molecule has 3 heterocycles. The lowest BCUT2D eigenvalue weighted by Gasteiger charge is -2.27. The van der Waals surface area contributed by atoms with Crippen molar-refractivity contribution in [3.63, 3.8) is 0 Å². The van der Waals surface area contributed by atoms with Gasteiger partial charge in [-0.25, -0.2) is 0 Å². The molecule has 2 aromatic heterocycles. The van der Waals surface area contributed by atoms with Crippen molar-refractivity contribution in [3.05, 3.63) is 53.7 Å². The normalized spacial score (nSPS) is 13.7. The van der Waals surface area contributed by atoms with E-state index in [-0.39, 0.29) is 19.1 Å². The molecule has 134 valence electrons. The van der Waals surface area contributed by atoms with Crippen molar-refractivity contribution in [2.75, 3.05) is 13.2 Å². The molecule has 4 rings (SSSR count). The molecule has 1 aliphatic heterocycles. The van der Waals surface area contributed by atoms with Gasteiger partial charge in [0.1, 0.15) is 13.2 Å². The van der Waals surface area contributed by atoms with Crippen LogP contribution in [0.5, 0.6) is 0 Å². The summed E-state index contributed by atoms with van der Waals surface area (Å²) in [6.07, 6.45) is 0. The Morgan fingerprint density at radius 2 is 2.08 bits per heavy atom. The van der Waals surface area contributed by atoms with Crippen molar-refractivity contribution in [2.45, 2.75) is 26.6 Å². The second kappa shape index (κ2) is 7.09. The van der Waals surface area contributed by atoms with Crippen LogP contribution in [0.15, 0.2) is 40.9 Å². The van der Waals surface area contributed by atoms with E-state index in [1.807, 2.05) is 37.3 Å². The fourth-order valence-corrected chi connectivity index (χ4v) is 2.99. The van der Waals surface area contributed by atoms with Gasteiger partial charge in [0.25, 0.3) is 0 Å². The second-order valence-electron chi connectivity index (χ2n) is 6.20. The summed E-state index contributed by atoms with van der Waals surface area (Å²) in [6, 6.07) is 11.7. The first-order chi connectivity index (χ1) is 12.7. The average molecular weight is 353 g/mol. The van der Waals surface area contributed by atoms with E-state index in [4.69, 9.17) is 9.26 Å². The summed E-state index contributed by atoms with van der Waals surface area (Å²) < 4.78 is 12.6. The molecule has 0 N–H and O–H groups in total. The molecule has 0 saturated heterocycles. The number of carbonyl (C=O) groups is 1. The molecular formula is C18H19N5O3. The number of hydrogen-bond donors (Lipinski definition) is 0. The third-order valence-corrected chi connectivity index (χ3v) is 4.28. The van der Waals surface area contributed by atoms with E-state index in [9.17, 15) is 4.79 Å². The third-order valence-electron chi connectivity index (χ3n) is 4.28. The van der Waals surface area contributed by atoms with Gasteiger partial charge in [-0.1, -0.05) is 35.5 Å². The van der Waals surface area contributed by atoms with Crippen molar-refractivity contribution in [3.8, 4) is 11.4 Å². The largest absolute Gasteiger partial charge is 0.364 e. The van der Waals surface area contributed by atoms with Gasteiger partial charge in [0.05, 0.1) is 12.2 Å². The number of ether oxygens (including phenoxy) is 1. The summed E-state index contributed by atoms with van der Waals surface area (Å²) in [5.41, 5.74) is 1.82. The molecule has 0 bridgehead atoms. The summed E-state index contributed by atoms with van der Waals surface area (Å²) in [5.74, 6) is 2.16. The van der Waals surface area contributed by atoms with Crippen LogP contribution < -0.4 is 0 Å². The summed E-state index contributed by atoms with van der Waals surface area (Å²) >= 11 is 0. The molecule has 8 nitrogen and oxygen atoms in total. The summed E-state index contributed by atoms with van der Waals surface area (Å²) in [6.45, 7) is 3.78. The number of nitrogens with zero attached hydrogens (tertiary/aromatic N) is 5. The van der Waals surface area contributed by atoms with E-state index < -0.39 is 0 Å². The second-order valence-corrected chi connectivity index (χ2v) is 6.20. The number of rotatable bonds is 5. The number of aromatic nitrogens is 4. The fraction of sp³-hybridized carbons (Fsp3) is 0.333. The Kier molecular flexibility index (Phi) is 4.49. The molecule has 8 heteroatoms. The maximum Gasteiger partial charge on any atom is 0.249 e. The molecular weight excluding hydrogens is 334 g/mol. The molecule has 3 aromatic rings. The molecule has 0 unspecified atom stereocenters. The topological polar surface area (TPSA) is 86.3 Å². The van der Waals surface area contributed by atoms with E-state index in [0.717, 1.165) is 22.9 Å². The van der Waals surface area contributed by atoms with E-state index >= 15 is 0 Å². The minimum atomic E-state index is -0.0725. The maximum absolute atomic E-state index is 12.4. The zero-order valence-corrected chi connectivity index (χ0v) is 14.5. The van der Waals surface area contributed by atoms with Crippen molar-refractivity contribution < 1.29 is 14.1 Å². The van der Waals surface area contributed by atoms with Crippen molar-refractivity contribution in [1.82, 2.24) is 24.8 Å². The molecule has 0 aliphatic carbocycles. The number of hydrogen-bond acceptors (Lipinski definition) is 6. The standard InChI is InChI=1S/C18H19N5O3/c1-13-9-15(26-21-13)11-25-12-17(24)22-7-8-23-16(10-22)19-20-18(23)14-5-3-2-4-6-14/h2-6,9H,7-8,10-12H2,1H3. The summed E-state index contributed by atoms with van der Waals surface area (Å²) in [7, 11) is 0. The number of fused-ring (bicyclic) bond motifs is 1. The Labute approximate surface area is 150 Å². The number of aryl methyl sites for hydroxylation is 1. The van der Waals surface area contributed by atoms with Gasteiger partial charge in [-0.05, 0) is 6.92 Å². The van der Waals surface area contributed by atoms with Crippen LogP contribution in [0.4, 0.5) is 0 Å². The number of benzene rings is 1. The molecule has 26 heavy (non-hydrogen) atoms. The van der Waals surface area contributed by atoms with Crippen LogP contribution in [-0.2, 0) is 29.2 Å². The van der Waals surface area contributed by atoms with Crippen LogP contribution in [0.3, 0.4) is 0 Å². The first-order valence-electron chi connectivity index (χ1n) is 8.46. The Bertz CT molecular complexity index is 903. The van der Waals surface area contributed by atoms with Gasteiger partial charge in [-0.3, -0.25) is 4.79 Å². The van der Waals surface area contributed by atoms with Crippen LogP contribution >= 0.6 is 0 Å². The van der Waals surface area contributed by atoms with Gasteiger partial charge in [-0.15, -0.1) is 10.2 Å². The molecule has 0 spiro atoms. The van der Waals surface area contributed by atoms with Gasteiger partial charge in [0, 0.05) is 24.7 Å². The Morgan fingerprint density at radius 1 is 1.23 bits per heavy atom. The third kappa shape index (κ3) is 3.36. The van der Waals surface area contributed by atoms with Crippen molar-refractivity contribution in [1.29, 1.82) is 0 Å². The number of amides is 1. The molecule has 0 fully saturated rings. The van der Waals surface area contributed by atoms with E-state index in [1.165, 1.54) is 0 Å². The highest BCUT2D eigenvalue weighted by atomic mass is 16.5. The average Bonchev–Trinajstić information content (AvgIpc) is 3.28. The van der Waals surface area contributed by atoms with Gasteiger partial charge in [0.15, 0.2) is 17.4 Å². The smallest absolute Gasteiger partial charge is 0.249 e. The highest BCUT2D eigenvalue weighted by Gasteiger charge is 2.25. The lowest BCUT2D eigenvalue weighted by Crippen LogP contribution is -2.40. The first kappa shape index (κ1) is 16.5. The van der Waals surface area contributed by atoms with Crippen LogP contribution in [0.1, 0.15) is 17.3 Å². The van der Waals surface area contributed by atoms with Gasteiger partial charge in [0.2, 0.25) is 5.91 Å². The van der Waals surface area contributed by atoms with Crippen molar-refractivity contribution in [2.24, 2.45) is 0 Å². The zero-order valence-electron chi connectivity index (χ0n) is 14.5. The van der Waals surface area contributed by atoms with E-state index in [2.05, 4.69) is 19.9 Å². The number of carbonyl (C=O) groups excluding carboxylic acids is 1. The van der Waals surface area contributed by atoms with Crippen LogP contribution in [0.25, 0.3) is 11.4 Å². The molecule has 0 atom stereocenters. The van der Waals surface area contributed by atoms with Crippen LogP contribution in [0, 0.1) is 6.92 Å². The van der Waals surface area contributed by atoms with Gasteiger partial charge < -0.3 is 18.7 Å². The predicted octanol–water partition coefficient (Wildman–Crippen LogP) is 1.80. The summed E-state index contributed by atoms with van der Waals surface area (Å²) in [4.78, 5) is 14.1. The maximum atomic E-state index is 12.4. The predicted molar refractivity (Wildman–Crippen MR) is 91.8 cm³/mol. The highest BCUT2D eigenvalue weighted by Crippen LogP contribution is 2.21. The van der Waals surface area contributed by atoms with Crippen LogP contribution in [0.2, 0.25) is 0 Å². The molecule has 0 saturated carbocycles. The summed E-state index contributed by atoms with van der Waals surface area (Å²) in [5, 5.41) is 12.3.